The Bertz CT molecular complexity index is 1040. The minimum absolute atomic E-state index is 0.176. The average molecular weight is 396 g/mol. The molecule has 8 heteroatoms. The smallest absolute Gasteiger partial charge is 0.257 e. The van der Waals surface area contributed by atoms with Gasteiger partial charge in [0.05, 0.1) is 11.0 Å². The first-order chi connectivity index (χ1) is 13.2. The van der Waals surface area contributed by atoms with E-state index in [0.29, 0.717) is 10.7 Å². The molecule has 0 radical (unpaired) electrons. The second kappa shape index (κ2) is 7.89. The van der Waals surface area contributed by atoms with E-state index in [2.05, 4.69) is 25.5 Å². The number of nitrogens with zero attached hydrogens (tertiary/aromatic N) is 3. The van der Waals surface area contributed by atoms with Crippen molar-refractivity contribution in [2.45, 2.75) is 24.3 Å². The van der Waals surface area contributed by atoms with Crippen molar-refractivity contribution in [3.63, 3.8) is 0 Å². The molecular formula is C19H17N5OS2. The number of aromatic nitrogens is 4. The first-order valence-electron chi connectivity index (χ1n) is 8.51. The molecule has 0 saturated heterocycles. The van der Waals surface area contributed by atoms with Gasteiger partial charge in [-0.25, -0.2) is 4.98 Å². The van der Waals surface area contributed by atoms with Gasteiger partial charge in [-0.3, -0.25) is 10.1 Å². The molecule has 2 aromatic heterocycles. The number of nitrogens with one attached hydrogen (secondary N) is 2. The molecule has 6 nitrogen and oxygen atoms in total. The number of fused-ring (bicyclic) bond motifs is 1. The number of hydrogen-bond donors (Lipinski definition) is 2. The molecular weight excluding hydrogens is 378 g/mol. The van der Waals surface area contributed by atoms with Gasteiger partial charge < -0.3 is 4.98 Å². The van der Waals surface area contributed by atoms with Gasteiger partial charge in [-0.1, -0.05) is 54.3 Å². The molecule has 4 aromatic rings. The summed E-state index contributed by atoms with van der Waals surface area (Å²) >= 11 is 3.04. The molecule has 0 saturated carbocycles. The zero-order valence-electron chi connectivity index (χ0n) is 14.6. The Morgan fingerprint density at radius 1 is 1.15 bits per heavy atom. The Balaban J connectivity index is 1.37. The number of carbonyl (C=O) groups is 1. The maximum absolute atomic E-state index is 12.3. The zero-order valence-corrected chi connectivity index (χ0v) is 16.2. The summed E-state index contributed by atoms with van der Waals surface area (Å²) in [6.45, 7) is 2.01. The van der Waals surface area contributed by atoms with Gasteiger partial charge in [0.15, 0.2) is 5.16 Å². The van der Waals surface area contributed by atoms with Gasteiger partial charge >= 0.3 is 0 Å². The Kier molecular flexibility index (Phi) is 5.17. The summed E-state index contributed by atoms with van der Waals surface area (Å²) in [6.07, 6.45) is 0.811. The summed E-state index contributed by atoms with van der Waals surface area (Å²) < 4.78 is 0. The summed E-state index contributed by atoms with van der Waals surface area (Å²) in [5.41, 5.74) is 3.73. The van der Waals surface area contributed by atoms with E-state index in [1.54, 1.807) is 11.8 Å². The van der Waals surface area contributed by atoms with Crippen LogP contribution in [0.1, 0.15) is 27.9 Å². The lowest BCUT2D eigenvalue weighted by atomic mass is 10.1. The van der Waals surface area contributed by atoms with Crippen molar-refractivity contribution in [3.8, 4) is 0 Å². The zero-order chi connectivity index (χ0) is 18.6. The van der Waals surface area contributed by atoms with Crippen LogP contribution in [0.3, 0.4) is 0 Å². The number of H-pyrrole nitrogens is 1. The van der Waals surface area contributed by atoms with Gasteiger partial charge in [-0.2, -0.15) is 0 Å². The number of aromatic amines is 1. The highest BCUT2D eigenvalue weighted by atomic mass is 32.2. The van der Waals surface area contributed by atoms with Crippen LogP contribution in [0.15, 0.2) is 53.7 Å². The molecule has 2 aromatic carbocycles. The third-order valence-corrected chi connectivity index (χ3v) is 5.88. The summed E-state index contributed by atoms with van der Waals surface area (Å²) in [7, 11) is 0. The van der Waals surface area contributed by atoms with Crippen molar-refractivity contribution in [3.05, 3.63) is 64.7 Å². The topological polar surface area (TPSA) is 83.6 Å². The Morgan fingerprint density at radius 3 is 2.70 bits per heavy atom. The lowest BCUT2D eigenvalue weighted by Gasteiger charge is -2.03. The van der Waals surface area contributed by atoms with Crippen LogP contribution in [0.5, 0.6) is 0 Å². The lowest BCUT2D eigenvalue weighted by Crippen LogP contribution is -2.11. The van der Waals surface area contributed by atoms with Gasteiger partial charge in [-0.05, 0) is 36.2 Å². The van der Waals surface area contributed by atoms with Crippen LogP contribution >= 0.6 is 23.1 Å². The van der Waals surface area contributed by atoms with Crippen molar-refractivity contribution in [1.82, 2.24) is 20.2 Å². The molecule has 4 rings (SSSR count). The van der Waals surface area contributed by atoms with E-state index in [1.807, 2.05) is 55.5 Å². The molecule has 0 bridgehead atoms. The minimum atomic E-state index is -0.176. The highest BCUT2D eigenvalue weighted by molar-refractivity contribution is 7.98. The summed E-state index contributed by atoms with van der Waals surface area (Å²) in [6, 6.07) is 15.5. The second-order valence-electron chi connectivity index (χ2n) is 5.85. The summed E-state index contributed by atoms with van der Waals surface area (Å²) in [4.78, 5) is 20.2. The number of para-hydroxylation sites is 2. The van der Waals surface area contributed by atoms with Crippen molar-refractivity contribution >= 4 is 45.2 Å². The van der Waals surface area contributed by atoms with Crippen LogP contribution in [0.2, 0.25) is 0 Å². The SMILES string of the molecule is CCc1nnc(NC(=O)c2ccc(CSc3nc4ccccc4[nH]3)cc2)s1. The minimum Gasteiger partial charge on any atom is -0.333 e. The van der Waals surface area contributed by atoms with Crippen LogP contribution < -0.4 is 5.32 Å². The predicted molar refractivity (Wildman–Crippen MR) is 109 cm³/mol. The number of anilines is 1. The molecule has 0 aliphatic heterocycles. The number of amides is 1. The van der Waals surface area contributed by atoms with Gasteiger partial charge in [-0.15, -0.1) is 10.2 Å². The Hall–Kier alpha value is -2.71. The fourth-order valence-electron chi connectivity index (χ4n) is 2.52. The molecule has 0 atom stereocenters. The molecule has 2 heterocycles. The van der Waals surface area contributed by atoms with Crippen LogP contribution in [-0.2, 0) is 12.2 Å². The van der Waals surface area contributed by atoms with Gasteiger partial charge in [0.2, 0.25) is 5.13 Å². The van der Waals surface area contributed by atoms with Crippen LogP contribution in [-0.4, -0.2) is 26.1 Å². The van der Waals surface area contributed by atoms with Crippen LogP contribution in [0.4, 0.5) is 5.13 Å². The van der Waals surface area contributed by atoms with Crippen molar-refractivity contribution in [2.75, 3.05) is 5.32 Å². The molecule has 27 heavy (non-hydrogen) atoms. The predicted octanol–water partition coefficient (Wildman–Crippen LogP) is 4.52. The van der Waals surface area contributed by atoms with E-state index in [0.717, 1.165) is 38.9 Å². The standard InChI is InChI=1S/C19H17N5OS2/c1-2-16-23-24-19(27-16)22-17(25)13-9-7-12(8-10-13)11-26-18-20-14-5-3-4-6-15(14)21-18/h3-10H,2,11H2,1H3,(H,20,21)(H,22,24,25). The maximum Gasteiger partial charge on any atom is 0.257 e. The number of rotatable bonds is 6. The largest absolute Gasteiger partial charge is 0.333 e. The molecule has 0 spiro atoms. The molecule has 0 aliphatic carbocycles. The van der Waals surface area contributed by atoms with E-state index >= 15 is 0 Å². The van der Waals surface area contributed by atoms with Gasteiger partial charge in [0.25, 0.3) is 5.91 Å². The molecule has 1 amide bonds. The summed E-state index contributed by atoms with van der Waals surface area (Å²) in [5.74, 6) is 0.600. The monoisotopic (exact) mass is 395 g/mol. The molecule has 136 valence electrons. The maximum atomic E-state index is 12.3. The van der Waals surface area contributed by atoms with E-state index in [4.69, 9.17) is 0 Å². The van der Waals surface area contributed by atoms with Crippen LogP contribution in [0, 0.1) is 0 Å². The normalized spacial score (nSPS) is 11.0. The number of thioether (sulfide) groups is 1. The third kappa shape index (κ3) is 4.17. The molecule has 2 N–H and O–H groups in total. The fraction of sp³-hybridized carbons (Fsp3) is 0.158. The van der Waals surface area contributed by atoms with Gasteiger partial charge in [0.1, 0.15) is 5.01 Å². The molecule has 0 fully saturated rings. The van der Waals surface area contributed by atoms with Crippen LogP contribution in [0.25, 0.3) is 11.0 Å². The van der Waals surface area contributed by atoms with Gasteiger partial charge in [0, 0.05) is 11.3 Å². The fourth-order valence-corrected chi connectivity index (χ4v) is 4.03. The second-order valence-corrected chi connectivity index (χ2v) is 7.88. The number of benzene rings is 2. The summed E-state index contributed by atoms with van der Waals surface area (Å²) in [5, 5.41) is 13.1. The third-order valence-electron chi connectivity index (χ3n) is 3.95. The highest BCUT2D eigenvalue weighted by Gasteiger charge is 2.10. The van der Waals surface area contributed by atoms with E-state index in [1.165, 1.54) is 11.3 Å². The Morgan fingerprint density at radius 2 is 1.96 bits per heavy atom. The Labute approximate surface area is 164 Å². The number of hydrogen-bond acceptors (Lipinski definition) is 6. The highest BCUT2D eigenvalue weighted by Crippen LogP contribution is 2.23. The van der Waals surface area contributed by atoms with Crippen molar-refractivity contribution in [2.24, 2.45) is 0 Å². The average Bonchev–Trinajstić information content (AvgIpc) is 3.32. The number of aryl methyl sites for hydroxylation is 1. The van der Waals surface area contributed by atoms with E-state index in [-0.39, 0.29) is 5.91 Å². The number of imidazole rings is 1. The lowest BCUT2D eigenvalue weighted by molar-refractivity contribution is 0.102. The van der Waals surface area contributed by atoms with Crippen molar-refractivity contribution in [1.29, 1.82) is 0 Å². The first-order valence-corrected chi connectivity index (χ1v) is 10.3. The van der Waals surface area contributed by atoms with Crippen molar-refractivity contribution < 1.29 is 4.79 Å². The quantitative estimate of drug-likeness (QED) is 0.469. The van der Waals surface area contributed by atoms with E-state index in [9.17, 15) is 4.79 Å². The van der Waals surface area contributed by atoms with E-state index < -0.39 is 0 Å². The first kappa shape index (κ1) is 17.7. The molecule has 0 aliphatic rings. The molecule has 0 unspecified atom stereocenters. The number of carbonyl (C=O) groups excluding carboxylic acids is 1.